The Bertz CT molecular complexity index is 248. The molecule has 0 aromatic rings. The normalized spacial score (nSPS) is 15.7. The van der Waals surface area contributed by atoms with E-state index in [1.165, 1.54) is 0 Å². The Balaban J connectivity index is 4.22. The van der Waals surface area contributed by atoms with Crippen LogP contribution in [-0.2, 0) is 4.79 Å². The van der Waals surface area contributed by atoms with Crippen LogP contribution in [-0.4, -0.2) is 43.0 Å². The molecule has 0 aliphatic heterocycles. The van der Waals surface area contributed by atoms with E-state index in [-0.39, 0.29) is 17.4 Å². The third-order valence-electron chi connectivity index (χ3n) is 3.67. The van der Waals surface area contributed by atoms with Gasteiger partial charge >= 0.3 is 0 Å². The topological polar surface area (TPSA) is 58.4 Å². The Hall–Kier alpha value is -0.610. The minimum Gasteiger partial charge on any atom is -0.368 e. The Kier molecular flexibility index (Phi) is 7.48. The van der Waals surface area contributed by atoms with Crippen LogP contribution in [0.15, 0.2) is 0 Å². The number of hydrogen-bond acceptors (Lipinski definition) is 3. The molecule has 2 atom stereocenters. The van der Waals surface area contributed by atoms with Gasteiger partial charge in [-0.05, 0) is 38.8 Å². The Morgan fingerprint density at radius 1 is 1.39 bits per heavy atom. The molecule has 108 valence electrons. The number of nitrogens with two attached hydrogens (primary N) is 1. The molecule has 0 saturated heterocycles. The number of rotatable bonds is 8. The van der Waals surface area contributed by atoms with E-state index >= 15 is 0 Å². The second-order valence-corrected chi connectivity index (χ2v) is 6.22. The molecule has 0 radical (unpaired) electrons. The lowest BCUT2D eigenvalue weighted by Gasteiger charge is -2.36. The van der Waals surface area contributed by atoms with Crippen molar-refractivity contribution in [2.24, 2.45) is 11.1 Å². The first-order valence-corrected chi connectivity index (χ1v) is 6.93. The molecule has 2 unspecified atom stereocenters. The highest BCUT2D eigenvalue weighted by atomic mass is 16.1. The number of primary amides is 1. The van der Waals surface area contributed by atoms with Crippen LogP contribution in [0.4, 0.5) is 0 Å². The second-order valence-electron chi connectivity index (χ2n) is 6.22. The van der Waals surface area contributed by atoms with Crippen molar-refractivity contribution in [1.82, 2.24) is 10.2 Å². The standard InChI is InChI=1S/C14H31N3O/c1-7-9-16-12(13(15)18)8-10-17(6)11(2)14(3,4)5/h11-12,16H,7-10H2,1-6H3,(H2,15,18). The molecule has 0 spiro atoms. The Morgan fingerprint density at radius 3 is 2.33 bits per heavy atom. The maximum absolute atomic E-state index is 11.3. The number of nitrogens with one attached hydrogen (secondary N) is 1. The Morgan fingerprint density at radius 2 is 1.94 bits per heavy atom. The summed E-state index contributed by atoms with van der Waals surface area (Å²) < 4.78 is 0. The predicted octanol–water partition coefficient (Wildman–Crippen LogP) is 1.60. The van der Waals surface area contributed by atoms with Gasteiger partial charge in [0.2, 0.25) is 5.91 Å². The highest BCUT2D eigenvalue weighted by molar-refractivity contribution is 5.79. The van der Waals surface area contributed by atoms with E-state index in [1.807, 2.05) is 0 Å². The lowest BCUT2D eigenvalue weighted by atomic mass is 9.87. The molecule has 0 aromatic heterocycles. The van der Waals surface area contributed by atoms with Crippen molar-refractivity contribution in [2.45, 2.75) is 59.5 Å². The fraction of sp³-hybridized carbons (Fsp3) is 0.929. The predicted molar refractivity (Wildman–Crippen MR) is 77.4 cm³/mol. The molecule has 1 amide bonds. The summed E-state index contributed by atoms with van der Waals surface area (Å²) in [4.78, 5) is 13.6. The van der Waals surface area contributed by atoms with E-state index in [0.717, 1.165) is 25.9 Å². The molecule has 0 heterocycles. The van der Waals surface area contributed by atoms with Crippen molar-refractivity contribution in [3.05, 3.63) is 0 Å². The van der Waals surface area contributed by atoms with Crippen LogP contribution >= 0.6 is 0 Å². The lowest BCUT2D eigenvalue weighted by molar-refractivity contribution is -0.120. The lowest BCUT2D eigenvalue weighted by Crippen LogP contribution is -2.46. The van der Waals surface area contributed by atoms with Crippen LogP contribution in [0.5, 0.6) is 0 Å². The third-order valence-corrected chi connectivity index (χ3v) is 3.67. The summed E-state index contributed by atoms with van der Waals surface area (Å²) in [5.74, 6) is -0.250. The molecule has 0 bridgehead atoms. The molecule has 4 heteroatoms. The third kappa shape index (κ3) is 6.36. The summed E-state index contributed by atoms with van der Waals surface area (Å²) in [7, 11) is 2.10. The summed E-state index contributed by atoms with van der Waals surface area (Å²) in [5.41, 5.74) is 5.65. The van der Waals surface area contributed by atoms with Gasteiger partial charge in [0.1, 0.15) is 0 Å². The van der Waals surface area contributed by atoms with Crippen molar-refractivity contribution < 1.29 is 4.79 Å². The molecule has 0 aliphatic rings. The minimum atomic E-state index is -0.250. The number of carbonyl (C=O) groups excluding carboxylic acids is 1. The fourth-order valence-electron chi connectivity index (χ4n) is 1.85. The minimum absolute atomic E-state index is 0.209. The molecule has 0 aromatic carbocycles. The number of amides is 1. The first-order valence-electron chi connectivity index (χ1n) is 6.93. The van der Waals surface area contributed by atoms with Gasteiger partial charge in [-0.2, -0.15) is 0 Å². The SMILES string of the molecule is CCCNC(CCN(C)C(C)C(C)(C)C)C(N)=O. The second kappa shape index (κ2) is 7.74. The summed E-state index contributed by atoms with van der Waals surface area (Å²) >= 11 is 0. The molecule has 0 aliphatic carbocycles. The monoisotopic (exact) mass is 257 g/mol. The van der Waals surface area contributed by atoms with Crippen LogP contribution in [0.1, 0.15) is 47.5 Å². The number of carbonyl (C=O) groups is 1. The van der Waals surface area contributed by atoms with Crippen LogP contribution in [0.3, 0.4) is 0 Å². The molecular weight excluding hydrogens is 226 g/mol. The van der Waals surface area contributed by atoms with Crippen molar-refractivity contribution in [1.29, 1.82) is 0 Å². The maximum atomic E-state index is 11.3. The van der Waals surface area contributed by atoms with Gasteiger partial charge in [-0.1, -0.05) is 27.7 Å². The first-order chi connectivity index (χ1) is 8.20. The Labute approximate surface area is 112 Å². The van der Waals surface area contributed by atoms with Gasteiger partial charge in [0, 0.05) is 12.6 Å². The summed E-state index contributed by atoms with van der Waals surface area (Å²) in [6.07, 6.45) is 1.78. The zero-order valence-corrected chi connectivity index (χ0v) is 12.9. The van der Waals surface area contributed by atoms with E-state index in [0.29, 0.717) is 6.04 Å². The molecular formula is C14H31N3O. The van der Waals surface area contributed by atoms with Crippen LogP contribution in [0, 0.1) is 5.41 Å². The average Bonchev–Trinajstić information content (AvgIpc) is 2.26. The highest BCUT2D eigenvalue weighted by Gasteiger charge is 2.24. The van der Waals surface area contributed by atoms with E-state index in [2.05, 4.69) is 51.9 Å². The molecule has 3 N–H and O–H groups in total. The van der Waals surface area contributed by atoms with Crippen molar-refractivity contribution >= 4 is 5.91 Å². The number of nitrogens with zero attached hydrogens (tertiary/aromatic N) is 1. The van der Waals surface area contributed by atoms with Crippen LogP contribution < -0.4 is 11.1 Å². The van der Waals surface area contributed by atoms with E-state index in [9.17, 15) is 4.79 Å². The molecule has 0 fully saturated rings. The van der Waals surface area contributed by atoms with Gasteiger partial charge in [0.15, 0.2) is 0 Å². The van der Waals surface area contributed by atoms with E-state index < -0.39 is 0 Å². The molecule has 4 nitrogen and oxygen atoms in total. The van der Waals surface area contributed by atoms with Gasteiger partial charge < -0.3 is 16.0 Å². The molecule has 18 heavy (non-hydrogen) atoms. The van der Waals surface area contributed by atoms with Gasteiger partial charge in [-0.3, -0.25) is 4.79 Å². The van der Waals surface area contributed by atoms with Crippen LogP contribution in [0.2, 0.25) is 0 Å². The van der Waals surface area contributed by atoms with Crippen molar-refractivity contribution in [2.75, 3.05) is 20.1 Å². The summed E-state index contributed by atoms with van der Waals surface area (Å²) in [6.45, 7) is 12.7. The van der Waals surface area contributed by atoms with Crippen LogP contribution in [0.25, 0.3) is 0 Å². The fourth-order valence-corrected chi connectivity index (χ4v) is 1.85. The quantitative estimate of drug-likeness (QED) is 0.694. The molecule has 0 saturated carbocycles. The molecule has 0 rings (SSSR count). The van der Waals surface area contributed by atoms with Gasteiger partial charge in [-0.25, -0.2) is 0 Å². The van der Waals surface area contributed by atoms with Crippen molar-refractivity contribution in [3.8, 4) is 0 Å². The summed E-state index contributed by atoms with van der Waals surface area (Å²) in [5, 5.41) is 3.20. The maximum Gasteiger partial charge on any atom is 0.234 e. The van der Waals surface area contributed by atoms with Crippen molar-refractivity contribution in [3.63, 3.8) is 0 Å². The zero-order chi connectivity index (χ0) is 14.3. The van der Waals surface area contributed by atoms with E-state index in [1.54, 1.807) is 0 Å². The van der Waals surface area contributed by atoms with Gasteiger partial charge in [0.05, 0.1) is 6.04 Å². The number of hydrogen-bond donors (Lipinski definition) is 2. The smallest absolute Gasteiger partial charge is 0.234 e. The zero-order valence-electron chi connectivity index (χ0n) is 12.9. The van der Waals surface area contributed by atoms with Gasteiger partial charge in [-0.15, -0.1) is 0 Å². The largest absolute Gasteiger partial charge is 0.368 e. The average molecular weight is 257 g/mol. The highest BCUT2D eigenvalue weighted by Crippen LogP contribution is 2.23. The van der Waals surface area contributed by atoms with Gasteiger partial charge in [0.25, 0.3) is 0 Å². The summed E-state index contributed by atoms with van der Waals surface area (Å²) in [6, 6.07) is 0.261. The van der Waals surface area contributed by atoms with E-state index in [4.69, 9.17) is 5.73 Å². The first kappa shape index (κ1) is 17.4.